The standard InChI is InChI=1S/C27H31N7O4S/c1-17-21(10-18(12-30-17)32-23(35)14-34-8-5-27(15-34)6-9-38-16-27)33-24(36)20(11-28)26-31-13-22(39-26)19-4-3-7-29-25(19)37-2/h3-4,7,10-13H,5-6,8-9,14-16,28H2,1-2H3,(H,32,35)(H,33,36)/b20-11-. The predicted octanol–water partition coefficient (Wildman–Crippen LogP) is 2.91. The van der Waals surface area contributed by atoms with Crippen LogP contribution in [0.4, 0.5) is 11.4 Å². The third-order valence-electron chi connectivity index (χ3n) is 7.07. The lowest BCUT2D eigenvalue weighted by Gasteiger charge is -2.21. The van der Waals surface area contributed by atoms with Gasteiger partial charge in [-0.1, -0.05) is 0 Å². The van der Waals surface area contributed by atoms with Crippen LogP contribution in [0.1, 0.15) is 23.5 Å². The zero-order chi connectivity index (χ0) is 27.4. The largest absolute Gasteiger partial charge is 0.481 e. The fourth-order valence-corrected chi connectivity index (χ4v) is 5.92. The van der Waals surface area contributed by atoms with Gasteiger partial charge in [-0.25, -0.2) is 9.97 Å². The van der Waals surface area contributed by atoms with Crippen molar-refractivity contribution in [1.82, 2.24) is 19.9 Å². The van der Waals surface area contributed by atoms with E-state index in [2.05, 4.69) is 30.5 Å². The molecule has 2 saturated heterocycles. The number of nitrogens with zero attached hydrogens (tertiary/aromatic N) is 4. The fourth-order valence-electron chi connectivity index (χ4n) is 4.96. The normalized spacial score (nSPS) is 19.4. The van der Waals surface area contributed by atoms with Crippen molar-refractivity contribution in [3.8, 4) is 16.3 Å². The molecule has 11 nitrogen and oxygen atoms in total. The molecule has 2 aliphatic rings. The van der Waals surface area contributed by atoms with E-state index in [1.807, 2.05) is 6.07 Å². The Bertz CT molecular complexity index is 1400. The van der Waals surface area contributed by atoms with Gasteiger partial charge in [0.15, 0.2) is 0 Å². The van der Waals surface area contributed by atoms with E-state index >= 15 is 0 Å². The fraction of sp³-hybridized carbons (Fsp3) is 0.370. The average Bonchev–Trinajstić information content (AvgIpc) is 3.69. The van der Waals surface area contributed by atoms with Gasteiger partial charge in [-0.05, 0) is 44.5 Å². The zero-order valence-corrected chi connectivity index (χ0v) is 22.7. The smallest absolute Gasteiger partial charge is 0.260 e. The van der Waals surface area contributed by atoms with Crippen molar-refractivity contribution in [1.29, 1.82) is 0 Å². The third-order valence-corrected chi connectivity index (χ3v) is 8.13. The molecule has 2 amide bonds. The van der Waals surface area contributed by atoms with Crippen molar-refractivity contribution in [2.75, 3.05) is 50.6 Å². The number of methoxy groups -OCH3 is 1. The minimum atomic E-state index is -0.439. The van der Waals surface area contributed by atoms with Gasteiger partial charge in [-0.2, -0.15) is 0 Å². The summed E-state index contributed by atoms with van der Waals surface area (Å²) in [6, 6.07) is 5.36. The van der Waals surface area contributed by atoms with Gasteiger partial charge in [0.1, 0.15) is 5.01 Å². The number of nitrogens with one attached hydrogen (secondary N) is 2. The summed E-state index contributed by atoms with van der Waals surface area (Å²) in [5.41, 5.74) is 8.57. The van der Waals surface area contributed by atoms with E-state index in [9.17, 15) is 9.59 Å². The molecule has 3 aromatic rings. The molecule has 4 N–H and O–H groups in total. The van der Waals surface area contributed by atoms with Crippen LogP contribution >= 0.6 is 11.3 Å². The summed E-state index contributed by atoms with van der Waals surface area (Å²) < 4.78 is 10.9. The van der Waals surface area contributed by atoms with Gasteiger partial charge in [-0.15, -0.1) is 11.3 Å². The first kappa shape index (κ1) is 26.7. The lowest BCUT2D eigenvalue weighted by molar-refractivity contribution is -0.117. The quantitative estimate of drug-likeness (QED) is 0.361. The van der Waals surface area contributed by atoms with Crippen LogP contribution in [-0.4, -0.2) is 71.6 Å². The van der Waals surface area contributed by atoms with Gasteiger partial charge in [0.25, 0.3) is 5.91 Å². The maximum Gasteiger partial charge on any atom is 0.260 e. The molecule has 39 heavy (non-hydrogen) atoms. The molecule has 5 rings (SSSR count). The first-order valence-electron chi connectivity index (χ1n) is 12.7. The highest BCUT2D eigenvalue weighted by atomic mass is 32.1. The SMILES string of the molecule is COc1ncccc1-c1cnc(/C(=C\N)C(=O)Nc2cc(NC(=O)CN3CCC4(CCOC4)C3)cnc2C)s1. The minimum Gasteiger partial charge on any atom is -0.481 e. The Balaban J connectivity index is 1.24. The van der Waals surface area contributed by atoms with E-state index in [-0.39, 0.29) is 16.9 Å². The lowest BCUT2D eigenvalue weighted by Crippen LogP contribution is -2.34. The van der Waals surface area contributed by atoms with Gasteiger partial charge in [0.05, 0.1) is 59.5 Å². The topological polar surface area (TPSA) is 145 Å². The van der Waals surface area contributed by atoms with Crippen LogP contribution < -0.4 is 21.1 Å². The first-order valence-corrected chi connectivity index (χ1v) is 13.5. The summed E-state index contributed by atoms with van der Waals surface area (Å²) in [5, 5.41) is 6.20. The summed E-state index contributed by atoms with van der Waals surface area (Å²) in [6.45, 7) is 5.39. The number of aromatic nitrogens is 3. The highest BCUT2D eigenvalue weighted by Crippen LogP contribution is 2.38. The summed E-state index contributed by atoms with van der Waals surface area (Å²) >= 11 is 1.30. The van der Waals surface area contributed by atoms with Gasteiger partial charge in [0.2, 0.25) is 11.8 Å². The van der Waals surface area contributed by atoms with Crippen LogP contribution in [0.2, 0.25) is 0 Å². The maximum atomic E-state index is 13.2. The number of likely N-dealkylation sites (tertiary alicyclic amines) is 1. The van der Waals surface area contributed by atoms with E-state index < -0.39 is 5.91 Å². The number of rotatable bonds is 8. The number of anilines is 2. The molecular weight excluding hydrogens is 518 g/mol. The van der Waals surface area contributed by atoms with Crippen molar-refractivity contribution in [3.05, 3.63) is 53.7 Å². The molecule has 0 bridgehead atoms. The molecule has 5 heterocycles. The molecular formula is C27H31N7O4S. The van der Waals surface area contributed by atoms with Crippen molar-refractivity contribution < 1.29 is 19.1 Å². The van der Waals surface area contributed by atoms with E-state index in [1.54, 1.807) is 44.8 Å². The first-order chi connectivity index (χ1) is 18.9. The number of carbonyl (C=O) groups excluding carboxylic acids is 2. The Labute approximate surface area is 230 Å². The second kappa shape index (κ2) is 11.5. The Morgan fingerprint density at radius 2 is 2.13 bits per heavy atom. The number of ether oxygens (including phenoxy) is 2. The third kappa shape index (κ3) is 5.92. The summed E-state index contributed by atoms with van der Waals surface area (Å²) in [5.74, 6) is -0.101. The molecule has 2 aliphatic heterocycles. The maximum absolute atomic E-state index is 13.2. The Morgan fingerprint density at radius 1 is 1.26 bits per heavy atom. The Morgan fingerprint density at radius 3 is 2.90 bits per heavy atom. The average molecular weight is 550 g/mol. The van der Waals surface area contributed by atoms with Crippen LogP contribution in [0.5, 0.6) is 5.88 Å². The number of amides is 2. The van der Waals surface area contributed by atoms with Gasteiger partial charge < -0.3 is 25.8 Å². The molecule has 12 heteroatoms. The predicted molar refractivity (Wildman–Crippen MR) is 149 cm³/mol. The highest BCUT2D eigenvalue weighted by molar-refractivity contribution is 7.16. The highest BCUT2D eigenvalue weighted by Gasteiger charge is 2.41. The van der Waals surface area contributed by atoms with Crippen LogP contribution in [0.3, 0.4) is 0 Å². The van der Waals surface area contributed by atoms with Crippen LogP contribution in [0.25, 0.3) is 16.0 Å². The van der Waals surface area contributed by atoms with Crippen LogP contribution in [0.15, 0.2) is 43.0 Å². The second-order valence-electron chi connectivity index (χ2n) is 9.79. The lowest BCUT2D eigenvalue weighted by atomic mass is 9.87. The molecule has 1 unspecified atom stereocenters. The van der Waals surface area contributed by atoms with Gasteiger partial charge in [-0.3, -0.25) is 19.5 Å². The molecule has 1 atom stereocenters. The monoisotopic (exact) mass is 549 g/mol. The van der Waals surface area contributed by atoms with Gasteiger partial charge >= 0.3 is 0 Å². The molecule has 0 aliphatic carbocycles. The van der Waals surface area contributed by atoms with E-state index in [4.69, 9.17) is 15.2 Å². The molecule has 0 radical (unpaired) electrons. The number of hydrogen-bond donors (Lipinski definition) is 3. The van der Waals surface area contributed by atoms with E-state index in [0.29, 0.717) is 34.5 Å². The van der Waals surface area contributed by atoms with Gasteiger partial charge in [0, 0.05) is 37.2 Å². The van der Waals surface area contributed by atoms with E-state index in [1.165, 1.54) is 17.5 Å². The molecule has 0 aromatic carbocycles. The number of nitrogens with two attached hydrogens (primary N) is 1. The number of pyridine rings is 2. The minimum absolute atomic E-state index is 0.127. The summed E-state index contributed by atoms with van der Waals surface area (Å²) in [6.07, 6.45) is 8.20. The summed E-state index contributed by atoms with van der Waals surface area (Å²) in [7, 11) is 1.55. The van der Waals surface area contributed by atoms with Crippen molar-refractivity contribution in [3.63, 3.8) is 0 Å². The summed E-state index contributed by atoms with van der Waals surface area (Å²) in [4.78, 5) is 41.9. The number of aryl methyl sites for hydroxylation is 1. The second-order valence-corrected chi connectivity index (χ2v) is 10.8. The van der Waals surface area contributed by atoms with Crippen molar-refractivity contribution in [2.45, 2.75) is 19.8 Å². The van der Waals surface area contributed by atoms with Crippen molar-refractivity contribution in [2.24, 2.45) is 11.1 Å². The van der Waals surface area contributed by atoms with Crippen LogP contribution in [-0.2, 0) is 14.3 Å². The van der Waals surface area contributed by atoms with Crippen LogP contribution in [0, 0.1) is 12.3 Å². The number of thiazole rings is 1. The molecule has 2 fully saturated rings. The molecule has 204 valence electrons. The number of carbonyl (C=O) groups is 2. The molecule has 1 spiro atoms. The van der Waals surface area contributed by atoms with Crippen molar-refractivity contribution >= 4 is 40.1 Å². The van der Waals surface area contributed by atoms with E-state index in [0.717, 1.165) is 49.6 Å². The number of hydrogen-bond acceptors (Lipinski definition) is 10. The Kier molecular flexibility index (Phi) is 7.87. The zero-order valence-electron chi connectivity index (χ0n) is 21.9. The Hall–Kier alpha value is -3.87. The molecule has 0 saturated carbocycles. The molecule has 3 aromatic heterocycles.